The molecule has 4 rings (SSSR count). The highest BCUT2D eigenvalue weighted by molar-refractivity contribution is 5.93. The van der Waals surface area contributed by atoms with Gasteiger partial charge in [0.25, 0.3) is 0 Å². The average Bonchev–Trinajstić information content (AvgIpc) is 2.68. The van der Waals surface area contributed by atoms with Crippen molar-refractivity contribution in [2.24, 2.45) is 0 Å². The molecule has 1 fully saturated rings. The summed E-state index contributed by atoms with van der Waals surface area (Å²) in [6.45, 7) is 6.11. The lowest BCUT2D eigenvalue weighted by Crippen LogP contribution is -2.35. The van der Waals surface area contributed by atoms with E-state index >= 15 is 0 Å². The molecule has 148 valence electrons. The fraction of sp³-hybridized carbons (Fsp3) is 0.450. The zero-order valence-corrected chi connectivity index (χ0v) is 16.0. The quantitative estimate of drug-likeness (QED) is 0.738. The Hall–Kier alpha value is -2.74. The molecule has 3 heterocycles. The van der Waals surface area contributed by atoms with Crippen molar-refractivity contribution in [3.05, 3.63) is 35.1 Å². The van der Waals surface area contributed by atoms with E-state index < -0.39 is 0 Å². The summed E-state index contributed by atoms with van der Waals surface area (Å²) in [6.07, 6.45) is 3.82. The highest BCUT2D eigenvalue weighted by Crippen LogP contribution is 2.31. The van der Waals surface area contributed by atoms with Gasteiger partial charge in [0.1, 0.15) is 11.6 Å². The van der Waals surface area contributed by atoms with Gasteiger partial charge in [0, 0.05) is 24.2 Å². The van der Waals surface area contributed by atoms with Gasteiger partial charge in [0.15, 0.2) is 0 Å². The summed E-state index contributed by atoms with van der Waals surface area (Å²) in [7, 11) is 0. The smallest absolute Gasteiger partial charge is 0.320 e. The molecule has 0 unspecified atom stereocenters. The van der Waals surface area contributed by atoms with E-state index in [0.29, 0.717) is 24.0 Å². The van der Waals surface area contributed by atoms with Crippen LogP contribution in [0.1, 0.15) is 30.4 Å². The van der Waals surface area contributed by atoms with Crippen molar-refractivity contribution in [2.45, 2.75) is 32.7 Å². The molecule has 7 nitrogen and oxygen atoms in total. The number of nitrogens with one attached hydrogen (secondary N) is 3. The molecule has 2 amide bonds. The molecule has 0 aliphatic carbocycles. The molecule has 8 heteroatoms. The van der Waals surface area contributed by atoms with Gasteiger partial charge in [-0.3, -0.25) is 5.32 Å². The van der Waals surface area contributed by atoms with Crippen LogP contribution in [-0.2, 0) is 6.54 Å². The first kappa shape index (κ1) is 18.6. The second kappa shape index (κ2) is 8.10. The molecule has 0 saturated carbocycles. The molecular formula is C20H25FN6O. The van der Waals surface area contributed by atoms with Crippen LogP contribution in [0.2, 0.25) is 0 Å². The number of anilines is 2. The number of likely N-dealkylation sites (tertiary alicyclic amines) is 1. The minimum absolute atomic E-state index is 0.282. The minimum atomic E-state index is -0.285. The molecular weight excluding hydrogens is 359 g/mol. The maximum atomic E-state index is 13.6. The number of amides is 2. The standard InChI is InChI=1S/C20H25FN6O/c1-13-11-14(21)5-6-15(13)17-16-12-23-20(28)26-18(16)25-19(24-17)22-7-10-27-8-3-2-4-9-27/h5-6,11H,2-4,7-10,12H2,1H3,(H3,22,23,24,25,26,28). The van der Waals surface area contributed by atoms with Crippen LogP contribution in [0.4, 0.5) is 21.0 Å². The summed E-state index contributed by atoms with van der Waals surface area (Å²) in [5, 5.41) is 8.80. The van der Waals surface area contributed by atoms with Crippen LogP contribution < -0.4 is 16.0 Å². The Labute approximate surface area is 163 Å². The van der Waals surface area contributed by atoms with E-state index in [9.17, 15) is 9.18 Å². The van der Waals surface area contributed by atoms with Crippen molar-refractivity contribution in [1.82, 2.24) is 20.2 Å². The molecule has 2 aromatic rings. The number of carbonyl (C=O) groups excluding carboxylic acids is 1. The van der Waals surface area contributed by atoms with Gasteiger partial charge in [-0.05, 0) is 56.6 Å². The number of aryl methyl sites for hydroxylation is 1. The second-order valence-electron chi connectivity index (χ2n) is 7.32. The molecule has 3 N–H and O–H groups in total. The Morgan fingerprint density at radius 3 is 2.82 bits per heavy atom. The predicted octanol–water partition coefficient (Wildman–Crippen LogP) is 3.12. The second-order valence-corrected chi connectivity index (χ2v) is 7.32. The molecule has 0 radical (unpaired) electrons. The lowest BCUT2D eigenvalue weighted by molar-refractivity contribution is 0.237. The third kappa shape index (κ3) is 4.06. The third-order valence-corrected chi connectivity index (χ3v) is 5.27. The highest BCUT2D eigenvalue weighted by atomic mass is 19.1. The molecule has 2 aliphatic heterocycles. The van der Waals surface area contributed by atoms with Crippen LogP contribution in [-0.4, -0.2) is 47.1 Å². The summed E-state index contributed by atoms with van der Waals surface area (Å²) in [4.78, 5) is 23.4. The number of hydrogen-bond acceptors (Lipinski definition) is 5. The summed E-state index contributed by atoms with van der Waals surface area (Å²) in [5.74, 6) is 0.685. The third-order valence-electron chi connectivity index (χ3n) is 5.27. The van der Waals surface area contributed by atoms with E-state index in [1.165, 1.54) is 31.4 Å². The molecule has 0 atom stereocenters. The van der Waals surface area contributed by atoms with Crippen LogP contribution in [0.25, 0.3) is 11.3 Å². The topological polar surface area (TPSA) is 82.2 Å². The van der Waals surface area contributed by atoms with Crippen molar-refractivity contribution in [1.29, 1.82) is 0 Å². The molecule has 1 saturated heterocycles. The number of hydrogen-bond donors (Lipinski definition) is 3. The minimum Gasteiger partial charge on any atom is -0.353 e. The van der Waals surface area contributed by atoms with Gasteiger partial charge in [-0.15, -0.1) is 0 Å². The number of nitrogens with zero attached hydrogens (tertiary/aromatic N) is 3. The summed E-state index contributed by atoms with van der Waals surface area (Å²) in [6, 6.07) is 4.35. The van der Waals surface area contributed by atoms with Crippen molar-refractivity contribution >= 4 is 17.8 Å². The zero-order chi connectivity index (χ0) is 19.5. The Balaban J connectivity index is 1.60. The van der Waals surface area contributed by atoms with Crippen LogP contribution in [0.15, 0.2) is 18.2 Å². The first-order valence-electron chi connectivity index (χ1n) is 9.78. The lowest BCUT2D eigenvalue weighted by Gasteiger charge is -2.26. The SMILES string of the molecule is Cc1cc(F)ccc1-c1nc(NCCN2CCCCC2)nc2c1CNC(=O)N2. The Kier molecular flexibility index (Phi) is 5.38. The predicted molar refractivity (Wildman–Crippen MR) is 107 cm³/mol. The molecule has 28 heavy (non-hydrogen) atoms. The monoisotopic (exact) mass is 384 g/mol. The Bertz CT molecular complexity index is 881. The van der Waals surface area contributed by atoms with Gasteiger partial charge >= 0.3 is 6.03 Å². The molecule has 2 aliphatic rings. The number of benzene rings is 1. The van der Waals surface area contributed by atoms with E-state index in [-0.39, 0.29) is 11.8 Å². The number of urea groups is 1. The van der Waals surface area contributed by atoms with E-state index in [1.807, 2.05) is 6.92 Å². The maximum Gasteiger partial charge on any atom is 0.320 e. The van der Waals surface area contributed by atoms with Crippen molar-refractivity contribution < 1.29 is 9.18 Å². The largest absolute Gasteiger partial charge is 0.353 e. The first-order valence-corrected chi connectivity index (χ1v) is 9.78. The number of carbonyl (C=O) groups is 1. The van der Waals surface area contributed by atoms with Crippen LogP contribution in [0, 0.1) is 12.7 Å². The Morgan fingerprint density at radius 2 is 2.04 bits per heavy atom. The molecule has 1 aromatic carbocycles. The molecule has 0 spiro atoms. The summed E-state index contributed by atoms with van der Waals surface area (Å²) >= 11 is 0. The molecule has 0 bridgehead atoms. The fourth-order valence-electron chi connectivity index (χ4n) is 3.78. The van der Waals surface area contributed by atoms with Crippen LogP contribution >= 0.6 is 0 Å². The van der Waals surface area contributed by atoms with Crippen molar-refractivity contribution in [3.8, 4) is 11.3 Å². The van der Waals surface area contributed by atoms with Gasteiger partial charge in [0.2, 0.25) is 5.95 Å². The zero-order valence-electron chi connectivity index (χ0n) is 16.0. The first-order chi connectivity index (χ1) is 13.6. The fourth-order valence-corrected chi connectivity index (χ4v) is 3.78. The highest BCUT2D eigenvalue weighted by Gasteiger charge is 2.23. The average molecular weight is 384 g/mol. The van der Waals surface area contributed by atoms with Gasteiger partial charge in [-0.2, -0.15) is 4.98 Å². The van der Waals surface area contributed by atoms with Crippen molar-refractivity contribution in [3.63, 3.8) is 0 Å². The summed E-state index contributed by atoms with van der Waals surface area (Å²) in [5.41, 5.74) is 3.13. The van der Waals surface area contributed by atoms with Crippen LogP contribution in [0.3, 0.4) is 0 Å². The van der Waals surface area contributed by atoms with Gasteiger partial charge in [-0.25, -0.2) is 14.2 Å². The number of fused-ring (bicyclic) bond motifs is 1. The number of rotatable bonds is 5. The van der Waals surface area contributed by atoms with E-state index in [2.05, 4.69) is 25.8 Å². The van der Waals surface area contributed by atoms with Gasteiger partial charge in [0.05, 0.1) is 12.2 Å². The lowest BCUT2D eigenvalue weighted by atomic mass is 10.0. The maximum absolute atomic E-state index is 13.6. The van der Waals surface area contributed by atoms with E-state index in [4.69, 9.17) is 4.98 Å². The summed E-state index contributed by atoms with van der Waals surface area (Å²) < 4.78 is 13.6. The van der Waals surface area contributed by atoms with E-state index in [0.717, 1.165) is 42.9 Å². The van der Waals surface area contributed by atoms with Crippen molar-refractivity contribution in [2.75, 3.05) is 36.8 Å². The van der Waals surface area contributed by atoms with Gasteiger partial charge < -0.3 is 15.5 Å². The van der Waals surface area contributed by atoms with E-state index in [1.54, 1.807) is 6.07 Å². The molecule has 1 aromatic heterocycles. The Morgan fingerprint density at radius 1 is 1.21 bits per heavy atom. The number of aromatic nitrogens is 2. The van der Waals surface area contributed by atoms with Gasteiger partial charge in [-0.1, -0.05) is 6.42 Å². The number of halogens is 1. The normalized spacial score (nSPS) is 16.9. The van der Waals surface area contributed by atoms with Crippen LogP contribution in [0.5, 0.6) is 0 Å². The number of piperidine rings is 1.